The van der Waals surface area contributed by atoms with Crippen molar-refractivity contribution < 1.29 is 4.74 Å². The van der Waals surface area contributed by atoms with Gasteiger partial charge in [-0.25, -0.2) is 4.98 Å². The van der Waals surface area contributed by atoms with Gasteiger partial charge in [0, 0.05) is 13.5 Å². The molecular formula is C12H12BrClN2O. The summed E-state index contributed by atoms with van der Waals surface area (Å²) >= 11 is 9.52. The Balaban J connectivity index is 2.28. The maximum absolute atomic E-state index is 6.09. The van der Waals surface area contributed by atoms with Crippen molar-refractivity contribution in [2.45, 2.75) is 6.42 Å². The van der Waals surface area contributed by atoms with Gasteiger partial charge in [0.15, 0.2) is 0 Å². The third-order valence-electron chi connectivity index (χ3n) is 2.60. The molecule has 1 aromatic heterocycles. The van der Waals surface area contributed by atoms with Crippen LogP contribution < -0.4 is 4.74 Å². The van der Waals surface area contributed by atoms with E-state index >= 15 is 0 Å². The van der Waals surface area contributed by atoms with Crippen molar-refractivity contribution in [2.24, 2.45) is 7.05 Å². The van der Waals surface area contributed by atoms with Gasteiger partial charge in [0.1, 0.15) is 10.4 Å². The topological polar surface area (TPSA) is 27.1 Å². The van der Waals surface area contributed by atoms with Gasteiger partial charge in [0.05, 0.1) is 24.2 Å². The maximum Gasteiger partial charge on any atom is 0.137 e. The van der Waals surface area contributed by atoms with E-state index in [4.69, 9.17) is 16.3 Å². The summed E-state index contributed by atoms with van der Waals surface area (Å²) in [5.74, 6) is 0.694. The average Bonchev–Trinajstić information content (AvgIpc) is 2.61. The number of benzene rings is 1. The lowest BCUT2D eigenvalue weighted by molar-refractivity contribution is 0.415. The van der Waals surface area contributed by atoms with Crippen LogP contribution in [0.4, 0.5) is 0 Å². The zero-order valence-electron chi connectivity index (χ0n) is 9.58. The summed E-state index contributed by atoms with van der Waals surface area (Å²) in [6, 6.07) is 5.80. The SMILES string of the molecule is COc1ccc(Cc2c(Br)ncn2C)cc1Cl. The Morgan fingerprint density at radius 1 is 1.47 bits per heavy atom. The molecule has 1 aromatic carbocycles. The van der Waals surface area contributed by atoms with Crippen molar-refractivity contribution in [3.05, 3.63) is 45.4 Å². The van der Waals surface area contributed by atoms with Crippen molar-refractivity contribution in [3.63, 3.8) is 0 Å². The molecule has 17 heavy (non-hydrogen) atoms. The van der Waals surface area contributed by atoms with Gasteiger partial charge in [-0.05, 0) is 33.6 Å². The van der Waals surface area contributed by atoms with Crippen molar-refractivity contribution in [1.82, 2.24) is 9.55 Å². The molecule has 5 heteroatoms. The molecule has 1 heterocycles. The van der Waals surface area contributed by atoms with Crippen molar-refractivity contribution in [2.75, 3.05) is 7.11 Å². The van der Waals surface area contributed by atoms with Crippen LogP contribution in [0.5, 0.6) is 5.75 Å². The highest BCUT2D eigenvalue weighted by Crippen LogP contribution is 2.27. The summed E-state index contributed by atoms with van der Waals surface area (Å²) < 4.78 is 7.98. The van der Waals surface area contributed by atoms with Gasteiger partial charge in [-0.2, -0.15) is 0 Å². The zero-order valence-corrected chi connectivity index (χ0v) is 11.9. The molecule has 0 aliphatic carbocycles. The number of methoxy groups -OCH3 is 1. The second-order valence-corrected chi connectivity index (χ2v) is 4.90. The van der Waals surface area contributed by atoms with Crippen molar-refractivity contribution >= 4 is 27.5 Å². The number of halogens is 2. The number of ether oxygens (including phenoxy) is 1. The summed E-state index contributed by atoms with van der Waals surface area (Å²) in [6.45, 7) is 0. The van der Waals surface area contributed by atoms with Gasteiger partial charge in [-0.1, -0.05) is 17.7 Å². The van der Waals surface area contributed by atoms with E-state index in [1.807, 2.05) is 29.8 Å². The number of hydrogen-bond acceptors (Lipinski definition) is 2. The normalized spacial score (nSPS) is 10.6. The van der Waals surface area contributed by atoms with Crippen LogP contribution in [0.3, 0.4) is 0 Å². The average molecular weight is 316 g/mol. The largest absolute Gasteiger partial charge is 0.495 e. The molecule has 0 bridgehead atoms. The first kappa shape index (κ1) is 12.5. The summed E-state index contributed by atoms with van der Waals surface area (Å²) in [4.78, 5) is 4.19. The molecule has 0 aliphatic rings. The fraction of sp³-hybridized carbons (Fsp3) is 0.250. The van der Waals surface area contributed by atoms with E-state index in [9.17, 15) is 0 Å². The molecule has 0 radical (unpaired) electrons. The predicted molar refractivity (Wildman–Crippen MR) is 71.7 cm³/mol. The molecule has 0 N–H and O–H groups in total. The molecule has 0 spiro atoms. The van der Waals surface area contributed by atoms with Crippen molar-refractivity contribution in [1.29, 1.82) is 0 Å². The number of hydrogen-bond donors (Lipinski definition) is 0. The zero-order chi connectivity index (χ0) is 12.4. The standard InChI is InChI=1S/C12H12BrClN2O/c1-16-7-15-12(13)10(16)6-8-3-4-11(17-2)9(14)5-8/h3-5,7H,6H2,1-2H3. The minimum atomic E-state index is 0.628. The predicted octanol–water partition coefficient (Wildman–Crippen LogP) is 3.44. The van der Waals surface area contributed by atoms with Crippen LogP contribution in [-0.2, 0) is 13.5 Å². The quantitative estimate of drug-likeness (QED) is 0.867. The first-order chi connectivity index (χ1) is 8.11. The lowest BCUT2D eigenvalue weighted by Gasteiger charge is -2.07. The highest BCUT2D eigenvalue weighted by atomic mass is 79.9. The number of nitrogens with zero attached hydrogens (tertiary/aromatic N) is 2. The van der Waals surface area contributed by atoms with Crippen LogP contribution in [-0.4, -0.2) is 16.7 Å². The molecule has 2 aromatic rings. The number of rotatable bonds is 3. The van der Waals surface area contributed by atoms with E-state index in [-0.39, 0.29) is 0 Å². The van der Waals surface area contributed by atoms with E-state index in [0.717, 1.165) is 22.3 Å². The van der Waals surface area contributed by atoms with E-state index in [2.05, 4.69) is 20.9 Å². The summed E-state index contributed by atoms with van der Waals surface area (Å²) in [5, 5.41) is 0.628. The molecule has 0 fully saturated rings. The van der Waals surface area contributed by atoms with Crippen LogP contribution in [0.2, 0.25) is 5.02 Å². The molecule has 3 nitrogen and oxygen atoms in total. The maximum atomic E-state index is 6.09. The molecule has 90 valence electrons. The van der Waals surface area contributed by atoms with Gasteiger partial charge in [0.2, 0.25) is 0 Å². The minimum absolute atomic E-state index is 0.628. The second kappa shape index (κ2) is 5.10. The highest BCUT2D eigenvalue weighted by Gasteiger charge is 2.08. The van der Waals surface area contributed by atoms with Gasteiger partial charge < -0.3 is 9.30 Å². The lowest BCUT2D eigenvalue weighted by atomic mass is 10.1. The van der Waals surface area contributed by atoms with Gasteiger partial charge >= 0.3 is 0 Å². The van der Waals surface area contributed by atoms with Crippen LogP contribution >= 0.6 is 27.5 Å². The van der Waals surface area contributed by atoms with E-state index in [0.29, 0.717) is 10.8 Å². The molecular weight excluding hydrogens is 304 g/mol. The summed E-state index contributed by atoms with van der Waals surface area (Å²) in [6.07, 6.45) is 2.56. The number of aryl methyl sites for hydroxylation is 1. The first-order valence-corrected chi connectivity index (χ1v) is 6.27. The lowest BCUT2D eigenvalue weighted by Crippen LogP contribution is -1.97. The van der Waals surface area contributed by atoms with Crippen LogP contribution in [0.25, 0.3) is 0 Å². The van der Waals surface area contributed by atoms with E-state index in [1.54, 1.807) is 13.4 Å². The Kier molecular flexibility index (Phi) is 3.74. The smallest absolute Gasteiger partial charge is 0.137 e. The third kappa shape index (κ3) is 2.64. The molecule has 0 amide bonds. The molecule has 0 unspecified atom stereocenters. The van der Waals surface area contributed by atoms with Gasteiger partial charge in [0.25, 0.3) is 0 Å². The summed E-state index contributed by atoms with van der Waals surface area (Å²) in [7, 11) is 3.58. The summed E-state index contributed by atoms with van der Waals surface area (Å²) in [5.41, 5.74) is 2.24. The highest BCUT2D eigenvalue weighted by molar-refractivity contribution is 9.10. The van der Waals surface area contributed by atoms with Crippen LogP contribution in [0.1, 0.15) is 11.3 Å². The Hall–Kier alpha value is -1.00. The Bertz CT molecular complexity index is 520. The fourth-order valence-electron chi connectivity index (χ4n) is 1.64. The Labute approximate surface area is 114 Å². The Morgan fingerprint density at radius 3 is 2.76 bits per heavy atom. The van der Waals surface area contributed by atoms with Crippen LogP contribution in [0, 0.1) is 0 Å². The van der Waals surface area contributed by atoms with Gasteiger partial charge in [-0.3, -0.25) is 0 Å². The molecule has 0 saturated heterocycles. The Morgan fingerprint density at radius 2 is 2.24 bits per heavy atom. The minimum Gasteiger partial charge on any atom is -0.495 e. The van der Waals surface area contributed by atoms with Crippen LogP contribution in [0.15, 0.2) is 29.1 Å². The monoisotopic (exact) mass is 314 g/mol. The molecule has 0 saturated carbocycles. The molecule has 0 aliphatic heterocycles. The fourth-order valence-corrected chi connectivity index (χ4v) is 2.43. The molecule has 2 rings (SSSR count). The number of imidazole rings is 1. The van der Waals surface area contributed by atoms with E-state index in [1.165, 1.54) is 0 Å². The molecule has 0 atom stereocenters. The van der Waals surface area contributed by atoms with E-state index < -0.39 is 0 Å². The van der Waals surface area contributed by atoms with Gasteiger partial charge in [-0.15, -0.1) is 0 Å². The van der Waals surface area contributed by atoms with Crippen molar-refractivity contribution in [3.8, 4) is 5.75 Å². The first-order valence-electron chi connectivity index (χ1n) is 5.10. The third-order valence-corrected chi connectivity index (χ3v) is 3.55. The second-order valence-electron chi connectivity index (χ2n) is 3.74. The number of aromatic nitrogens is 2.